The Labute approximate surface area is 75.8 Å². The maximum Gasteiger partial charge on any atom is 0.201 e. The molecule has 0 N–H and O–H groups in total. The Morgan fingerprint density at radius 2 is 2.17 bits per heavy atom. The van der Waals surface area contributed by atoms with Gasteiger partial charge < -0.3 is 4.74 Å². The quantitative estimate of drug-likeness (QED) is 0.564. The summed E-state index contributed by atoms with van der Waals surface area (Å²) in [4.78, 5) is 4.21. The molecule has 0 radical (unpaired) electrons. The lowest BCUT2D eigenvalue weighted by Gasteiger charge is -2.19. The Balaban J connectivity index is 2.55. The van der Waals surface area contributed by atoms with Crippen LogP contribution in [0.15, 0.2) is 29.3 Å². The monoisotopic (exact) mass is 181 g/mol. The molecule has 1 heterocycles. The molecule has 1 atom stereocenters. The molecule has 1 aromatic carbocycles. The van der Waals surface area contributed by atoms with Crippen LogP contribution in [0.3, 0.4) is 0 Å². The van der Waals surface area contributed by atoms with Crippen molar-refractivity contribution in [3.8, 4) is 0 Å². The van der Waals surface area contributed by atoms with Crippen molar-refractivity contribution in [3.63, 3.8) is 0 Å². The highest BCUT2D eigenvalue weighted by Crippen LogP contribution is 2.34. The van der Waals surface area contributed by atoms with Gasteiger partial charge in [0.05, 0.1) is 5.69 Å². The third kappa shape index (κ3) is 1.18. The lowest BCUT2D eigenvalue weighted by Crippen LogP contribution is -2.08. The predicted octanol–water partition coefficient (Wildman–Crippen LogP) is 3.00. The molecule has 0 saturated carbocycles. The molecule has 1 aromatic rings. The van der Waals surface area contributed by atoms with Crippen molar-refractivity contribution in [2.24, 2.45) is 4.99 Å². The van der Waals surface area contributed by atoms with E-state index in [1.807, 2.05) is 24.3 Å². The van der Waals surface area contributed by atoms with Crippen LogP contribution in [0, 0.1) is 0 Å². The van der Waals surface area contributed by atoms with Gasteiger partial charge in [-0.1, -0.05) is 29.8 Å². The lowest BCUT2D eigenvalue weighted by molar-refractivity contribution is 0.267. The molecule has 3 heteroatoms. The third-order valence-electron chi connectivity index (χ3n) is 1.73. The summed E-state index contributed by atoms with van der Waals surface area (Å²) in [5.74, 6) is 0.619. The summed E-state index contributed by atoms with van der Waals surface area (Å²) < 4.78 is 5.23. The van der Waals surface area contributed by atoms with Crippen LogP contribution in [0.5, 0.6) is 0 Å². The van der Waals surface area contributed by atoms with Gasteiger partial charge in [-0.15, -0.1) is 0 Å². The van der Waals surface area contributed by atoms with Crippen molar-refractivity contribution in [2.75, 3.05) is 0 Å². The van der Waals surface area contributed by atoms with Crippen molar-refractivity contribution in [1.29, 1.82) is 0 Å². The maximum atomic E-state index is 5.94. The van der Waals surface area contributed by atoms with E-state index < -0.39 is 5.56 Å². The molecule has 2 nitrogen and oxygen atoms in total. The number of hydrogen-bond acceptors (Lipinski definition) is 2. The number of rotatable bonds is 0. The van der Waals surface area contributed by atoms with Crippen LogP contribution in [0.4, 0.5) is 5.69 Å². The van der Waals surface area contributed by atoms with Gasteiger partial charge in [0.2, 0.25) is 5.56 Å². The minimum atomic E-state index is -0.390. The van der Waals surface area contributed by atoms with E-state index in [-0.39, 0.29) is 0 Å². The molecular weight excluding hydrogens is 174 g/mol. The molecule has 0 saturated heterocycles. The van der Waals surface area contributed by atoms with Crippen molar-refractivity contribution < 1.29 is 4.74 Å². The zero-order valence-corrected chi connectivity index (χ0v) is 7.38. The molecule has 0 amide bonds. The van der Waals surface area contributed by atoms with Crippen LogP contribution >= 0.6 is 11.6 Å². The summed E-state index contributed by atoms with van der Waals surface area (Å²) >= 11 is 5.94. The van der Waals surface area contributed by atoms with E-state index >= 15 is 0 Å². The number of halogens is 1. The van der Waals surface area contributed by atoms with Crippen molar-refractivity contribution in [3.05, 3.63) is 29.8 Å². The second-order valence-corrected chi connectivity index (χ2v) is 3.02. The standard InChI is InChI=1S/C9H8ClNO/c1-6-11-8-5-3-2-4-7(8)9(10)12-6/h2-5,9H,1H3. The smallest absolute Gasteiger partial charge is 0.201 e. The van der Waals surface area contributed by atoms with E-state index in [2.05, 4.69) is 4.99 Å². The second kappa shape index (κ2) is 2.79. The highest BCUT2D eigenvalue weighted by molar-refractivity contribution is 6.21. The first-order chi connectivity index (χ1) is 5.77. The molecule has 0 aliphatic carbocycles. The molecule has 1 aliphatic heterocycles. The molecular formula is C9H8ClNO. The van der Waals surface area contributed by atoms with Crippen LogP contribution in [0.2, 0.25) is 0 Å². The second-order valence-electron chi connectivity index (χ2n) is 2.62. The van der Waals surface area contributed by atoms with Gasteiger partial charge in [0, 0.05) is 12.5 Å². The number of hydrogen-bond donors (Lipinski definition) is 0. The number of para-hydroxylation sites is 1. The van der Waals surface area contributed by atoms with E-state index in [1.54, 1.807) is 6.92 Å². The lowest BCUT2D eigenvalue weighted by atomic mass is 10.2. The first-order valence-corrected chi connectivity index (χ1v) is 4.16. The Bertz CT molecular complexity index is 335. The molecule has 0 aromatic heterocycles. The van der Waals surface area contributed by atoms with Crippen LogP contribution in [0.1, 0.15) is 18.1 Å². The van der Waals surface area contributed by atoms with Crippen LogP contribution in [-0.2, 0) is 4.74 Å². The van der Waals surface area contributed by atoms with Crippen LogP contribution in [-0.4, -0.2) is 5.90 Å². The zero-order valence-electron chi connectivity index (χ0n) is 6.62. The number of nitrogens with zero attached hydrogens (tertiary/aromatic N) is 1. The SMILES string of the molecule is CC1=Nc2ccccc2C(Cl)O1. The predicted molar refractivity (Wildman–Crippen MR) is 48.9 cm³/mol. The van der Waals surface area contributed by atoms with Gasteiger partial charge in [0.1, 0.15) is 0 Å². The highest BCUT2D eigenvalue weighted by Gasteiger charge is 2.18. The Hall–Kier alpha value is -1.02. The maximum absolute atomic E-state index is 5.94. The summed E-state index contributed by atoms with van der Waals surface area (Å²) in [5.41, 5.74) is 1.45. The fourth-order valence-corrected chi connectivity index (χ4v) is 1.50. The fraction of sp³-hybridized carbons (Fsp3) is 0.222. The van der Waals surface area contributed by atoms with E-state index in [0.29, 0.717) is 5.90 Å². The van der Waals surface area contributed by atoms with Crippen molar-refractivity contribution >= 4 is 23.2 Å². The Morgan fingerprint density at radius 1 is 1.42 bits per heavy atom. The summed E-state index contributed by atoms with van der Waals surface area (Å²) in [6.07, 6.45) is 0. The van der Waals surface area contributed by atoms with Crippen molar-refractivity contribution in [1.82, 2.24) is 0 Å². The minimum absolute atomic E-state index is 0.390. The molecule has 0 fully saturated rings. The summed E-state index contributed by atoms with van der Waals surface area (Å²) in [5, 5.41) is 0. The third-order valence-corrected chi connectivity index (χ3v) is 2.06. The molecule has 2 rings (SSSR count). The average Bonchev–Trinajstić information content (AvgIpc) is 2.04. The fourth-order valence-electron chi connectivity index (χ4n) is 1.19. The van der Waals surface area contributed by atoms with Gasteiger partial charge in [-0.25, -0.2) is 4.99 Å². The molecule has 0 bridgehead atoms. The topological polar surface area (TPSA) is 21.6 Å². The number of aliphatic imine (C=N–C) groups is 1. The molecule has 62 valence electrons. The van der Waals surface area contributed by atoms with Gasteiger partial charge in [-0.3, -0.25) is 0 Å². The van der Waals surface area contributed by atoms with Crippen LogP contribution in [0.25, 0.3) is 0 Å². The molecule has 1 aliphatic rings. The average molecular weight is 182 g/mol. The number of fused-ring (bicyclic) bond motifs is 1. The van der Waals surface area contributed by atoms with Crippen molar-refractivity contribution in [2.45, 2.75) is 12.5 Å². The molecule has 12 heavy (non-hydrogen) atoms. The summed E-state index contributed by atoms with van der Waals surface area (Å²) in [7, 11) is 0. The van der Waals surface area contributed by atoms with E-state index in [4.69, 9.17) is 16.3 Å². The van der Waals surface area contributed by atoms with Gasteiger partial charge in [0.25, 0.3) is 0 Å². The first kappa shape index (κ1) is 7.62. The van der Waals surface area contributed by atoms with Gasteiger partial charge >= 0.3 is 0 Å². The molecule has 0 spiro atoms. The normalized spacial score (nSPS) is 20.8. The number of ether oxygens (including phenoxy) is 1. The zero-order chi connectivity index (χ0) is 8.55. The minimum Gasteiger partial charge on any atom is -0.457 e. The van der Waals surface area contributed by atoms with E-state index in [1.165, 1.54) is 0 Å². The van der Waals surface area contributed by atoms with E-state index in [9.17, 15) is 0 Å². The largest absolute Gasteiger partial charge is 0.457 e. The number of benzene rings is 1. The van der Waals surface area contributed by atoms with Gasteiger partial charge in [-0.2, -0.15) is 0 Å². The Kier molecular flexibility index (Phi) is 1.77. The number of alkyl halides is 1. The highest BCUT2D eigenvalue weighted by atomic mass is 35.5. The summed E-state index contributed by atoms with van der Waals surface area (Å²) in [6, 6.07) is 7.71. The Morgan fingerprint density at radius 3 is 3.00 bits per heavy atom. The molecule has 1 unspecified atom stereocenters. The van der Waals surface area contributed by atoms with Crippen LogP contribution < -0.4 is 0 Å². The van der Waals surface area contributed by atoms with Gasteiger partial charge in [0.15, 0.2) is 5.90 Å². The summed E-state index contributed by atoms with van der Waals surface area (Å²) in [6.45, 7) is 1.80. The van der Waals surface area contributed by atoms with E-state index in [0.717, 1.165) is 11.3 Å². The van der Waals surface area contributed by atoms with Gasteiger partial charge in [-0.05, 0) is 6.07 Å². The first-order valence-electron chi connectivity index (χ1n) is 3.72.